The van der Waals surface area contributed by atoms with E-state index in [-0.39, 0.29) is 17.1 Å². The Morgan fingerprint density at radius 1 is 1.00 bits per heavy atom. The lowest BCUT2D eigenvalue weighted by Gasteiger charge is -2.31. The van der Waals surface area contributed by atoms with Crippen molar-refractivity contribution in [1.29, 1.82) is 0 Å². The van der Waals surface area contributed by atoms with Gasteiger partial charge in [0.2, 0.25) is 5.91 Å². The maximum absolute atomic E-state index is 12.5. The molecule has 0 heterocycles. The Bertz CT molecular complexity index is 794. The molecule has 0 aromatic heterocycles. The first-order valence-corrected chi connectivity index (χ1v) is 9.31. The summed E-state index contributed by atoms with van der Waals surface area (Å²) in [6.07, 6.45) is 4.05. The minimum atomic E-state index is -0.586. The van der Waals surface area contributed by atoms with E-state index in [9.17, 15) is 14.4 Å². The van der Waals surface area contributed by atoms with Gasteiger partial charge in [-0.25, -0.2) is 9.59 Å². The van der Waals surface area contributed by atoms with Gasteiger partial charge in [0.25, 0.3) is 0 Å². The second-order valence-corrected chi connectivity index (χ2v) is 6.82. The van der Waals surface area contributed by atoms with Crippen LogP contribution in [0, 0.1) is 5.92 Å². The van der Waals surface area contributed by atoms with E-state index in [1.165, 1.54) is 26.7 Å². The summed E-state index contributed by atoms with van der Waals surface area (Å²) in [6.45, 7) is 3.21. The Morgan fingerprint density at radius 3 is 2.21 bits per heavy atom. The smallest absolute Gasteiger partial charge is 0.338 e. The Balaban J connectivity index is 2.36. The largest absolute Gasteiger partial charge is 0.466 e. The lowest BCUT2D eigenvalue weighted by Crippen LogP contribution is -2.42. The second kappa shape index (κ2) is 9.88. The molecule has 150 valence electrons. The van der Waals surface area contributed by atoms with E-state index in [0.29, 0.717) is 12.0 Å². The summed E-state index contributed by atoms with van der Waals surface area (Å²) < 4.78 is 9.86. The molecule has 1 aliphatic carbocycles. The quantitative estimate of drug-likeness (QED) is 0.730. The van der Waals surface area contributed by atoms with Crippen LogP contribution in [0.2, 0.25) is 0 Å². The number of carbonyl (C=O) groups excluding carboxylic acids is 3. The zero-order valence-electron chi connectivity index (χ0n) is 16.8. The third kappa shape index (κ3) is 5.09. The van der Waals surface area contributed by atoms with Gasteiger partial charge in [-0.2, -0.15) is 0 Å². The van der Waals surface area contributed by atoms with Crippen molar-refractivity contribution in [3.05, 3.63) is 58.7 Å². The molecule has 2 atom stereocenters. The summed E-state index contributed by atoms with van der Waals surface area (Å²) in [7, 11) is 2.56. The molecular weight excluding hydrogens is 358 g/mol. The number of nitrogens with one attached hydrogen (secondary N) is 1. The highest BCUT2D eigenvalue weighted by atomic mass is 16.5. The normalized spacial score (nSPS) is 18.9. The van der Waals surface area contributed by atoms with Gasteiger partial charge in [-0.1, -0.05) is 43.3 Å². The molecule has 0 aliphatic heterocycles. The molecule has 28 heavy (non-hydrogen) atoms. The summed E-state index contributed by atoms with van der Waals surface area (Å²) in [6, 6.07) is 9.64. The highest BCUT2D eigenvalue weighted by Gasteiger charge is 2.36. The summed E-state index contributed by atoms with van der Waals surface area (Å²) in [4.78, 5) is 36.6. The molecule has 0 spiro atoms. The van der Waals surface area contributed by atoms with E-state index in [2.05, 4.69) is 5.32 Å². The van der Waals surface area contributed by atoms with E-state index in [1.807, 2.05) is 36.4 Å². The van der Waals surface area contributed by atoms with Crippen molar-refractivity contribution < 1.29 is 23.9 Å². The molecule has 1 N–H and O–H groups in total. The maximum atomic E-state index is 12.5. The van der Waals surface area contributed by atoms with Crippen LogP contribution in [-0.4, -0.2) is 38.1 Å². The van der Waals surface area contributed by atoms with Crippen LogP contribution >= 0.6 is 0 Å². The summed E-state index contributed by atoms with van der Waals surface area (Å²) in [5.41, 5.74) is 2.38. The number of esters is 2. The number of methoxy groups -OCH3 is 2. The van der Waals surface area contributed by atoms with Gasteiger partial charge in [-0.05, 0) is 30.4 Å². The van der Waals surface area contributed by atoms with Crippen molar-refractivity contribution in [2.24, 2.45) is 5.92 Å². The van der Waals surface area contributed by atoms with Crippen molar-refractivity contribution in [3.63, 3.8) is 0 Å². The average molecular weight is 385 g/mol. The molecule has 0 saturated heterocycles. The summed E-state index contributed by atoms with van der Waals surface area (Å²) in [5, 5.41) is 2.85. The Labute approximate surface area is 165 Å². The van der Waals surface area contributed by atoms with Gasteiger partial charge in [-0.15, -0.1) is 0 Å². The van der Waals surface area contributed by atoms with E-state index in [4.69, 9.17) is 9.47 Å². The van der Waals surface area contributed by atoms with Crippen molar-refractivity contribution in [2.45, 2.75) is 39.2 Å². The fraction of sp³-hybridized carbons (Fsp3) is 0.409. The number of hydrogen-bond donors (Lipinski definition) is 1. The zero-order chi connectivity index (χ0) is 20.7. The molecule has 0 radical (unpaired) electrons. The Hall–Kier alpha value is -2.89. The standard InChI is InChI=1S/C22H27NO5/c1-14-18(23-15(2)24)13-17(12-8-11-16-9-6-5-7-10-16)20(22(26)28-4)19(14)21(25)27-3/h5-7,9-10,13-14,18H,8,11-12H2,1-4H3,(H,23,24)/t14-,18-/m0/s1. The lowest BCUT2D eigenvalue weighted by atomic mass is 9.79. The van der Waals surface area contributed by atoms with Crippen molar-refractivity contribution in [1.82, 2.24) is 5.32 Å². The summed E-state index contributed by atoms with van der Waals surface area (Å²) >= 11 is 0. The van der Waals surface area contributed by atoms with Crippen molar-refractivity contribution >= 4 is 17.8 Å². The fourth-order valence-corrected chi connectivity index (χ4v) is 3.50. The molecule has 0 fully saturated rings. The van der Waals surface area contributed by atoms with E-state index in [0.717, 1.165) is 12.8 Å². The topological polar surface area (TPSA) is 81.7 Å². The molecule has 1 amide bonds. The van der Waals surface area contributed by atoms with Gasteiger partial charge < -0.3 is 14.8 Å². The number of aryl methyl sites for hydroxylation is 1. The number of benzene rings is 1. The Kier molecular flexibility index (Phi) is 7.55. The van der Waals surface area contributed by atoms with Crippen LogP contribution in [0.4, 0.5) is 0 Å². The van der Waals surface area contributed by atoms with Gasteiger partial charge in [0.05, 0.1) is 31.4 Å². The molecule has 0 unspecified atom stereocenters. The van der Waals surface area contributed by atoms with Crippen LogP contribution in [0.25, 0.3) is 0 Å². The van der Waals surface area contributed by atoms with Crippen molar-refractivity contribution in [3.8, 4) is 0 Å². The fourth-order valence-electron chi connectivity index (χ4n) is 3.50. The minimum Gasteiger partial charge on any atom is -0.466 e. The van der Waals surface area contributed by atoms with Crippen LogP contribution in [0.3, 0.4) is 0 Å². The first kappa shape index (κ1) is 21.4. The molecule has 1 aliphatic rings. The molecule has 1 aromatic rings. The zero-order valence-corrected chi connectivity index (χ0v) is 16.8. The number of rotatable bonds is 7. The first-order valence-electron chi connectivity index (χ1n) is 9.31. The molecular formula is C22H27NO5. The van der Waals surface area contributed by atoms with E-state index < -0.39 is 23.9 Å². The van der Waals surface area contributed by atoms with Gasteiger partial charge in [0.1, 0.15) is 0 Å². The third-order valence-electron chi connectivity index (χ3n) is 4.88. The molecule has 6 heteroatoms. The van der Waals surface area contributed by atoms with Crippen LogP contribution in [-0.2, 0) is 30.3 Å². The van der Waals surface area contributed by atoms with Crippen molar-refractivity contribution in [2.75, 3.05) is 14.2 Å². The predicted octanol–water partition coefficient (Wildman–Crippen LogP) is 2.73. The highest BCUT2D eigenvalue weighted by Crippen LogP contribution is 2.34. The molecule has 1 aromatic carbocycles. The molecule has 2 rings (SSSR count). The molecule has 0 bridgehead atoms. The molecule has 6 nitrogen and oxygen atoms in total. The Morgan fingerprint density at radius 2 is 1.64 bits per heavy atom. The van der Waals surface area contributed by atoms with E-state index in [1.54, 1.807) is 6.92 Å². The SMILES string of the molecule is COC(=O)C1=C(C(=O)OC)[C@@H](C)[C@@H](NC(C)=O)C=C1CCCc1ccccc1. The van der Waals surface area contributed by atoms with Gasteiger partial charge in [0, 0.05) is 12.8 Å². The minimum absolute atomic E-state index is 0.206. The van der Waals surface area contributed by atoms with Crippen LogP contribution in [0.15, 0.2) is 53.1 Å². The van der Waals surface area contributed by atoms with Crippen LogP contribution in [0.5, 0.6) is 0 Å². The summed E-state index contributed by atoms with van der Waals surface area (Å²) in [5.74, 6) is -1.78. The van der Waals surface area contributed by atoms with Gasteiger partial charge >= 0.3 is 11.9 Å². The number of hydrogen-bond acceptors (Lipinski definition) is 5. The highest BCUT2D eigenvalue weighted by molar-refractivity contribution is 6.04. The number of carbonyl (C=O) groups is 3. The number of amides is 1. The van der Waals surface area contributed by atoms with Gasteiger partial charge in [-0.3, -0.25) is 4.79 Å². The van der Waals surface area contributed by atoms with Crippen LogP contribution in [0.1, 0.15) is 32.3 Å². The van der Waals surface area contributed by atoms with E-state index >= 15 is 0 Å². The first-order chi connectivity index (χ1) is 13.4. The van der Waals surface area contributed by atoms with Crippen LogP contribution < -0.4 is 5.32 Å². The third-order valence-corrected chi connectivity index (χ3v) is 4.88. The maximum Gasteiger partial charge on any atom is 0.338 e. The van der Waals surface area contributed by atoms with Gasteiger partial charge in [0.15, 0.2) is 0 Å². The number of ether oxygens (including phenoxy) is 2. The lowest BCUT2D eigenvalue weighted by molar-refractivity contribution is -0.139. The monoisotopic (exact) mass is 385 g/mol. The second-order valence-electron chi connectivity index (χ2n) is 6.82. The average Bonchev–Trinajstić information content (AvgIpc) is 2.69. The predicted molar refractivity (Wildman–Crippen MR) is 105 cm³/mol. The molecule has 0 saturated carbocycles.